The van der Waals surface area contributed by atoms with Gasteiger partial charge in [-0.05, 0) is 25.0 Å². The number of likely N-dealkylation sites (tertiary alicyclic amines) is 1. The molecule has 148 valence electrons. The van der Waals surface area contributed by atoms with Crippen molar-refractivity contribution in [2.45, 2.75) is 31.7 Å². The van der Waals surface area contributed by atoms with Crippen LogP contribution in [0.25, 0.3) is 0 Å². The molecule has 2 aliphatic heterocycles. The van der Waals surface area contributed by atoms with Gasteiger partial charge >= 0.3 is 0 Å². The number of nitrogens with one attached hydrogen (secondary N) is 1. The van der Waals surface area contributed by atoms with E-state index in [1.165, 1.54) is 5.56 Å². The van der Waals surface area contributed by atoms with Gasteiger partial charge in [-0.3, -0.25) is 4.79 Å². The molecule has 2 aromatic rings. The molecule has 0 radical (unpaired) electrons. The highest BCUT2D eigenvalue weighted by Gasteiger charge is 2.30. The first-order chi connectivity index (χ1) is 13.7. The van der Waals surface area contributed by atoms with Crippen LogP contribution in [-0.4, -0.2) is 54.6 Å². The van der Waals surface area contributed by atoms with Crippen molar-refractivity contribution >= 4 is 5.91 Å². The van der Waals surface area contributed by atoms with Crippen molar-refractivity contribution in [1.82, 2.24) is 20.2 Å². The molecule has 7 nitrogen and oxygen atoms in total. The number of carbonyl (C=O) groups is 1. The highest BCUT2D eigenvalue weighted by Crippen LogP contribution is 2.32. The Balaban J connectivity index is 1.57. The third-order valence-corrected chi connectivity index (χ3v) is 5.54. The minimum absolute atomic E-state index is 0.0684. The monoisotopic (exact) mass is 382 g/mol. The van der Waals surface area contributed by atoms with E-state index < -0.39 is 0 Å². The lowest BCUT2D eigenvalue weighted by atomic mass is 9.95. The Bertz CT molecular complexity index is 848. The molecule has 2 aliphatic rings. The summed E-state index contributed by atoms with van der Waals surface area (Å²) >= 11 is 0. The molecular weight excluding hydrogens is 356 g/mol. The third-order valence-electron chi connectivity index (χ3n) is 5.54. The SMILES string of the molecule is COc1cccc(OC)c1C(=O)N1CCCC(c2ncc3c(n2)CCNC3)C1. The van der Waals surface area contributed by atoms with Crippen LogP contribution in [0.3, 0.4) is 0 Å². The van der Waals surface area contributed by atoms with Crippen LogP contribution in [-0.2, 0) is 13.0 Å². The van der Waals surface area contributed by atoms with Gasteiger partial charge in [-0.25, -0.2) is 9.97 Å². The lowest BCUT2D eigenvalue weighted by Crippen LogP contribution is -2.40. The summed E-state index contributed by atoms with van der Waals surface area (Å²) in [5, 5.41) is 3.35. The van der Waals surface area contributed by atoms with Crippen LogP contribution in [0.4, 0.5) is 0 Å². The van der Waals surface area contributed by atoms with Gasteiger partial charge in [-0.15, -0.1) is 0 Å². The summed E-state index contributed by atoms with van der Waals surface area (Å²) in [6, 6.07) is 5.40. The zero-order valence-corrected chi connectivity index (χ0v) is 16.4. The molecular formula is C21H26N4O3. The van der Waals surface area contributed by atoms with E-state index in [9.17, 15) is 4.79 Å². The van der Waals surface area contributed by atoms with Crippen LogP contribution >= 0.6 is 0 Å². The minimum Gasteiger partial charge on any atom is -0.496 e. The third kappa shape index (κ3) is 3.54. The Morgan fingerprint density at radius 1 is 1.25 bits per heavy atom. The number of ether oxygens (including phenoxy) is 2. The van der Waals surface area contributed by atoms with E-state index in [0.29, 0.717) is 30.2 Å². The molecule has 1 N–H and O–H groups in total. The molecule has 1 atom stereocenters. The molecule has 3 heterocycles. The van der Waals surface area contributed by atoms with Crippen LogP contribution in [0, 0.1) is 0 Å². The van der Waals surface area contributed by atoms with Crippen molar-refractivity contribution in [3.63, 3.8) is 0 Å². The molecule has 0 saturated carbocycles. The molecule has 4 rings (SSSR count). The van der Waals surface area contributed by atoms with Crippen LogP contribution < -0.4 is 14.8 Å². The fraction of sp³-hybridized carbons (Fsp3) is 0.476. The van der Waals surface area contributed by atoms with E-state index >= 15 is 0 Å². The van der Waals surface area contributed by atoms with Crippen molar-refractivity contribution in [2.24, 2.45) is 0 Å². The van der Waals surface area contributed by atoms with Gasteiger partial charge in [-0.1, -0.05) is 6.07 Å². The van der Waals surface area contributed by atoms with Gasteiger partial charge in [0.25, 0.3) is 5.91 Å². The van der Waals surface area contributed by atoms with Crippen LogP contribution in [0.1, 0.15) is 46.2 Å². The second-order valence-electron chi connectivity index (χ2n) is 7.25. The van der Waals surface area contributed by atoms with Crippen LogP contribution in [0.5, 0.6) is 11.5 Å². The van der Waals surface area contributed by atoms with Crippen molar-refractivity contribution in [1.29, 1.82) is 0 Å². The van der Waals surface area contributed by atoms with E-state index in [1.54, 1.807) is 26.4 Å². The number of methoxy groups -OCH3 is 2. The zero-order chi connectivity index (χ0) is 19.5. The van der Waals surface area contributed by atoms with Gasteiger partial charge in [0, 0.05) is 56.0 Å². The predicted octanol–water partition coefficient (Wildman–Crippen LogP) is 2.16. The van der Waals surface area contributed by atoms with E-state index in [2.05, 4.69) is 10.3 Å². The molecule has 1 saturated heterocycles. The summed E-state index contributed by atoms with van der Waals surface area (Å²) in [6.45, 7) is 3.10. The number of piperidine rings is 1. The largest absolute Gasteiger partial charge is 0.496 e. The molecule has 28 heavy (non-hydrogen) atoms. The van der Waals surface area contributed by atoms with E-state index in [0.717, 1.165) is 43.9 Å². The highest BCUT2D eigenvalue weighted by atomic mass is 16.5. The molecule has 0 spiro atoms. The molecule has 1 amide bonds. The average molecular weight is 382 g/mol. The number of hydrogen-bond donors (Lipinski definition) is 1. The summed E-state index contributed by atoms with van der Waals surface area (Å²) in [6.07, 6.45) is 4.78. The number of aromatic nitrogens is 2. The fourth-order valence-corrected chi connectivity index (χ4v) is 4.04. The maximum absolute atomic E-state index is 13.3. The Morgan fingerprint density at radius 2 is 2.04 bits per heavy atom. The number of nitrogens with zero attached hydrogens (tertiary/aromatic N) is 3. The number of fused-ring (bicyclic) bond motifs is 1. The molecule has 1 aromatic heterocycles. The molecule has 1 aromatic carbocycles. The molecule has 0 bridgehead atoms. The second kappa shape index (κ2) is 8.14. The normalized spacial score (nSPS) is 19.1. The quantitative estimate of drug-likeness (QED) is 0.873. The highest BCUT2D eigenvalue weighted by molar-refractivity contribution is 5.99. The van der Waals surface area contributed by atoms with Gasteiger partial charge in [0.1, 0.15) is 22.9 Å². The summed E-state index contributed by atoms with van der Waals surface area (Å²) in [5.74, 6) is 2.00. The number of hydrogen-bond acceptors (Lipinski definition) is 6. The van der Waals surface area contributed by atoms with Gasteiger partial charge in [-0.2, -0.15) is 0 Å². The van der Waals surface area contributed by atoms with Crippen molar-refractivity contribution in [2.75, 3.05) is 33.9 Å². The van der Waals surface area contributed by atoms with Crippen LogP contribution in [0.15, 0.2) is 24.4 Å². The summed E-state index contributed by atoms with van der Waals surface area (Å²) in [5.41, 5.74) is 2.79. The summed E-state index contributed by atoms with van der Waals surface area (Å²) < 4.78 is 10.8. The van der Waals surface area contributed by atoms with Crippen molar-refractivity contribution in [3.8, 4) is 11.5 Å². The summed E-state index contributed by atoms with van der Waals surface area (Å²) in [7, 11) is 3.14. The molecule has 7 heteroatoms. The Labute approximate surface area is 165 Å². The number of carbonyl (C=O) groups excluding carboxylic acids is 1. The Kier molecular flexibility index (Phi) is 5.43. The van der Waals surface area contributed by atoms with E-state index in [4.69, 9.17) is 14.5 Å². The molecule has 1 unspecified atom stereocenters. The maximum atomic E-state index is 13.3. The average Bonchev–Trinajstić information content (AvgIpc) is 2.77. The standard InChI is InChI=1S/C21H26N4O3/c1-27-17-6-3-7-18(28-2)19(17)21(26)25-10-4-5-14(13-25)20-23-12-15-11-22-9-8-16(15)24-20/h3,6-7,12,14,22H,4-5,8-11,13H2,1-2H3. The Hall–Kier alpha value is -2.67. The fourth-order valence-electron chi connectivity index (χ4n) is 4.04. The van der Waals surface area contributed by atoms with Crippen molar-refractivity contribution < 1.29 is 14.3 Å². The summed E-state index contributed by atoms with van der Waals surface area (Å²) in [4.78, 5) is 24.6. The number of benzene rings is 1. The molecule has 1 fully saturated rings. The van der Waals surface area contributed by atoms with Gasteiger partial charge in [0.05, 0.1) is 14.2 Å². The van der Waals surface area contributed by atoms with Crippen LogP contribution in [0.2, 0.25) is 0 Å². The first-order valence-corrected chi connectivity index (χ1v) is 9.77. The lowest BCUT2D eigenvalue weighted by Gasteiger charge is -2.33. The van der Waals surface area contributed by atoms with E-state index in [1.807, 2.05) is 17.2 Å². The lowest BCUT2D eigenvalue weighted by molar-refractivity contribution is 0.0697. The molecule has 0 aliphatic carbocycles. The predicted molar refractivity (Wildman–Crippen MR) is 105 cm³/mol. The number of rotatable bonds is 4. The minimum atomic E-state index is -0.0684. The van der Waals surface area contributed by atoms with Crippen molar-refractivity contribution in [3.05, 3.63) is 47.0 Å². The smallest absolute Gasteiger partial charge is 0.261 e. The number of amides is 1. The first kappa shape index (κ1) is 18.7. The van der Waals surface area contributed by atoms with E-state index in [-0.39, 0.29) is 11.8 Å². The van der Waals surface area contributed by atoms with Gasteiger partial charge in [0.2, 0.25) is 0 Å². The first-order valence-electron chi connectivity index (χ1n) is 9.77. The second-order valence-corrected chi connectivity index (χ2v) is 7.25. The van der Waals surface area contributed by atoms with Gasteiger partial charge in [0.15, 0.2) is 0 Å². The Morgan fingerprint density at radius 3 is 2.79 bits per heavy atom. The topological polar surface area (TPSA) is 76.6 Å². The zero-order valence-electron chi connectivity index (χ0n) is 16.4. The van der Waals surface area contributed by atoms with Gasteiger partial charge < -0.3 is 19.7 Å². The maximum Gasteiger partial charge on any atom is 0.261 e.